The van der Waals surface area contributed by atoms with E-state index in [1.54, 1.807) is 49.4 Å². The van der Waals surface area contributed by atoms with Crippen molar-refractivity contribution in [3.8, 4) is 11.8 Å². The Bertz CT molecular complexity index is 1430. The lowest BCUT2D eigenvalue weighted by Crippen LogP contribution is -2.31. The third-order valence-corrected chi connectivity index (χ3v) is 6.56. The molecule has 4 rings (SSSR count). The molecule has 0 saturated carbocycles. The van der Waals surface area contributed by atoms with Gasteiger partial charge in [0, 0.05) is 17.5 Å². The molecule has 0 spiro atoms. The molecule has 2 heterocycles. The molecular formula is C27H23FN4O4S. The van der Waals surface area contributed by atoms with E-state index in [1.165, 1.54) is 31.6 Å². The maximum Gasteiger partial charge on any atom is 0.254 e. The van der Waals surface area contributed by atoms with Crippen LogP contribution in [0.15, 0.2) is 93.2 Å². The molecule has 37 heavy (non-hydrogen) atoms. The van der Waals surface area contributed by atoms with Gasteiger partial charge in [-0.15, -0.1) is 0 Å². The molecule has 10 heteroatoms. The smallest absolute Gasteiger partial charge is 0.254 e. The van der Waals surface area contributed by atoms with Crippen LogP contribution in [0, 0.1) is 17.1 Å². The topological polar surface area (TPSA) is 116 Å². The van der Waals surface area contributed by atoms with Gasteiger partial charge in [-0.05, 0) is 43.3 Å². The average Bonchev–Trinajstić information content (AvgIpc) is 3.43. The number of anilines is 2. The lowest BCUT2D eigenvalue weighted by Gasteiger charge is -2.28. The molecule has 188 valence electrons. The second-order valence-corrected chi connectivity index (χ2v) is 8.96. The predicted octanol–water partition coefficient (Wildman–Crippen LogP) is 5.13. The van der Waals surface area contributed by atoms with Crippen LogP contribution in [0.4, 0.5) is 15.8 Å². The third kappa shape index (κ3) is 5.85. The van der Waals surface area contributed by atoms with E-state index >= 15 is 0 Å². The summed E-state index contributed by atoms with van der Waals surface area (Å²) >= 11 is 1.13. The summed E-state index contributed by atoms with van der Waals surface area (Å²) in [5.41, 5.74) is 1.46. The van der Waals surface area contributed by atoms with Crippen LogP contribution in [-0.2, 0) is 9.59 Å². The Hall–Kier alpha value is -4.49. The highest BCUT2D eigenvalue weighted by Crippen LogP contribution is 2.41. The first kappa shape index (κ1) is 25.6. The zero-order valence-corrected chi connectivity index (χ0v) is 20.8. The number of para-hydroxylation sites is 1. The van der Waals surface area contributed by atoms with E-state index < -0.39 is 17.6 Å². The fraction of sp³-hybridized carbons (Fsp3) is 0.148. The SMILES string of the molecule is COc1cccc(NC(=O)CSC2=C(C#N)[C@H](c3ccco3)C(C(=O)Nc3ccccc3F)=C(C)N2)c1. The number of rotatable bonds is 8. The van der Waals surface area contributed by atoms with Gasteiger partial charge in [0.25, 0.3) is 5.91 Å². The van der Waals surface area contributed by atoms with Crippen LogP contribution in [0.1, 0.15) is 18.6 Å². The molecule has 1 atom stereocenters. The molecule has 2 amide bonds. The van der Waals surface area contributed by atoms with Crippen molar-refractivity contribution in [2.24, 2.45) is 0 Å². The van der Waals surface area contributed by atoms with Crippen molar-refractivity contribution in [1.82, 2.24) is 5.32 Å². The lowest BCUT2D eigenvalue weighted by atomic mass is 9.85. The largest absolute Gasteiger partial charge is 0.497 e. The second kappa shape index (κ2) is 11.5. The minimum Gasteiger partial charge on any atom is -0.497 e. The fourth-order valence-corrected chi connectivity index (χ4v) is 4.75. The number of benzene rings is 2. The van der Waals surface area contributed by atoms with Gasteiger partial charge in [0.05, 0.1) is 53.0 Å². The predicted molar refractivity (Wildman–Crippen MR) is 139 cm³/mol. The van der Waals surface area contributed by atoms with E-state index in [2.05, 4.69) is 22.0 Å². The molecule has 3 aromatic rings. The first-order valence-corrected chi connectivity index (χ1v) is 12.2. The van der Waals surface area contributed by atoms with Crippen LogP contribution in [0.3, 0.4) is 0 Å². The second-order valence-electron chi connectivity index (χ2n) is 7.97. The van der Waals surface area contributed by atoms with Crippen molar-refractivity contribution >= 4 is 35.0 Å². The number of allylic oxidation sites excluding steroid dienone is 2. The van der Waals surface area contributed by atoms with Gasteiger partial charge in [-0.3, -0.25) is 9.59 Å². The number of halogens is 1. The van der Waals surface area contributed by atoms with Crippen LogP contribution in [0.25, 0.3) is 0 Å². The highest BCUT2D eigenvalue weighted by molar-refractivity contribution is 8.03. The Kier molecular flexibility index (Phi) is 7.95. The van der Waals surface area contributed by atoms with Crippen LogP contribution in [0.2, 0.25) is 0 Å². The number of amides is 2. The number of nitriles is 1. The summed E-state index contributed by atoms with van der Waals surface area (Å²) in [6.07, 6.45) is 1.45. The fourth-order valence-electron chi connectivity index (χ4n) is 3.86. The van der Waals surface area contributed by atoms with Gasteiger partial charge in [-0.2, -0.15) is 5.26 Å². The molecule has 1 aromatic heterocycles. The summed E-state index contributed by atoms with van der Waals surface area (Å²) in [4.78, 5) is 25.9. The highest BCUT2D eigenvalue weighted by atomic mass is 32.2. The Morgan fingerprint density at radius 3 is 2.68 bits per heavy atom. The number of hydrogen-bond acceptors (Lipinski definition) is 7. The monoisotopic (exact) mass is 518 g/mol. The van der Waals surface area contributed by atoms with E-state index in [-0.39, 0.29) is 28.5 Å². The average molecular weight is 519 g/mol. The van der Waals surface area contributed by atoms with Crippen molar-refractivity contribution in [1.29, 1.82) is 5.26 Å². The van der Waals surface area contributed by atoms with Crippen molar-refractivity contribution in [2.45, 2.75) is 12.8 Å². The van der Waals surface area contributed by atoms with Crippen molar-refractivity contribution in [3.63, 3.8) is 0 Å². The number of carbonyl (C=O) groups excluding carboxylic acids is 2. The molecule has 2 aromatic carbocycles. The minimum absolute atomic E-state index is 0.000363. The number of nitrogens with one attached hydrogen (secondary N) is 3. The normalized spacial score (nSPS) is 15.0. The third-order valence-electron chi connectivity index (χ3n) is 5.54. The Morgan fingerprint density at radius 2 is 1.97 bits per heavy atom. The first-order chi connectivity index (χ1) is 17.9. The molecule has 0 aliphatic carbocycles. The Balaban J connectivity index is 1.57. The van der Waals surface area contributed by atoms with Crippen LogP contribution in [0.5, 0.6) is 5.75 Å². The molecule has 0 radical (unpaired) electrons. The number of methoxy groups -OCH3 is 1. The summed E-state index contributed by atoms with van der Waals surface area (Å²) in [7, 11) is 1.54. The van der Waals surface area contributed by atoms with Gasteiger partial charge in [0.15, 0.2) is 0 Å². The molecule has 0 saturated heterocycles. The van der Waals surface area contributed by atoms with Crippen molar-refractivity contribution in [2.75, 3.05) is 23.5 Å². The van der Waals surface area contributed by atoms with E-state index in [1.807, 2.05) is 0 Å². The van der Waals surface area contributed by atoms with Gasteiger partial charge >= 0.3 is 0 Å². The zero-order chi connectivity index (χ0) is 26.4. The highest BCUT2D eigenvalue weighted by Gasteiger charge is 2.36. The maximum absolute atomic E-state index is 14.2. The molecule has 0 bridgehead atoms. The number of thioether (sulfide) groups is 1. The summed E-state index contributed by atoms with van der Waals surface area (Å²) in [5.74, 6) is -1.32. The Morgan fingerprint density at radius 1 is 1.16 bits per heavy atom. The van der Waals surface area contributed by atoms with E-state index in [4.69, 9.17) is 9.15 Å². The van der Waals surface area contributed by atoms with E-state index in [0.717, 1.165) is 11.8 Å². The van der Waals surface area contributed by atoms with Gasteiger partial charge < -0.3 is 25.1 Å². The number of dihydropyridines is 1. The molecule has 3 N–H and O–H groups in total. The lowest BCUT2D eigenvalue weighted by molar-refractivity contribution is -0.114. The van der Waals surface area contributed by atoms with Crippen molar-refractivity contribution < 1.29 is 23.1 Å². The molecule has 0 fully saturated rings. The van der Waals surface area contributed by atoms with Gasteiger partial charge in [0.1, 0.15) is 17.3 Å². The molecule has 1 aliphatic rings. The van der Waals surface area contributed by atoms with E-state index in [0.29, 0.717) is 27.9 Å². The minimum atomic E-state index is -0.850. The van der Waals surface area contributed by atoms with Crippen molar-refractivity contribution in [3.05, 3.63) is 100 Å². The maximum atomic E-state index is 14.2. The zero-order valence-electron chi connectivity index (χ0n) is 20.0. The summed E-state index contributed by atoms with van der Waals surface area (Å²) in [6, 6.07) is 18.3. The van der Waals surface area contributed by atoms with Crippen LogP contribution < -0.4 is 20.7 Å². The molecule has 1 aliphatic heterocycles. The standard InChI is InChI=1S/C27H23FN4O4S/c1-16-24(26(34)32-21-10-4-3-9-20(21)28)25(22-11-6-12-36-22)19(14-29)27(30-16)37-15-23(33)31-17-7-5-8-18(13-17)35-2/h3-13,25,30H,15H2,1-2H3,(H,31,33)(H,32,34)/t25-/m1/s1. The number of hydrogen-bond donors (Lipinski definition) is 3. The molecule has 8 nitrogen and oxygen atoms in total. The number of furan rings is 1. The molecular weight excluding hydrogens is 495 g/mol. The van der Waals surface area contributed by atoms with Gasteiger partial charge in [0.2, 0.25) is 5.91 Å². The first-order valence-electron chi connectivity index (χ1n) is 11.2. The van der Waals surface area contributed by atoms with E-state index in [9.17, 15) is 19.2 Å². The summed E-state index contributed by atoms with van der Waals surface area (Å²) in [5, 5.41) is 19.0. The quantitative estimate of drug-likeness (QED) is 0.378. The summed E-state index contributed by atoms with van der Waals surface area (Å²) in [6.45, 7) is 1.68. The number of nitrogens with zero attached hydrogens (tertiary/aromatic N) is 1. The number of ether oxygens (including phenoxy) is 1. The summed E-state index contributed by atoms with van der Waals surface area (Å²) < 4.78 is 24.9. The Labute approximate surface area is 217 Å². The number of carbonyl (C=O) groups is 2. The van der Waals surface area contributed by atoms with Crippen LogP contribution in [-0.4, -0.2) is 24.7 Å². The molecule has 0 unspecified atom stereocenters. The van der Waals surface area contributed by atoms with Crippen LogP contribution >= 0.6 is 11.8 Å². The van der Waals surface area contributed by atoms with Gasteiger partial charge in [-0.1, -0.05) is 30.0 Å². The van der Waals surface area contributed by atoms with Gasteiger partial charge in [-0.25, -0.2) is 4.39 Å².